The molecule has 0 aliphatic carbocycles. The van der Waals surface area contributed by atoms with Crippen molar-refractivity contribution in [1.82, 2.24) is 0 Å². The molecule has 3 heteroatoms. The van der Waals surface area contributed by atoms with Crippen molar-refractivity contribution in [2.24, 2.45) is 0 Å². The second kappa shape index (κ2) is 7.48. The Balaban J connectivity index is 2.65. The Bertz CT molecular complexity index is 851. The molecule has 0 amide bonds. The molecule has 0 aliphatic heterocycles. The number of methoxy groups -OCH3 is 1. The fourth-order valence-electron chi connectivity index (χ4n) is 3.00. The van der Waals surface area contributed by atoms with Crippen LogP contribution in [0.3, 0.4) is 0 Å². The maximum absolute atomic E-state index is 10.9. The zero-order valence-corrected chi connectivity index (χ0v) is 17.3. The third-order valence-electron chi connectivity index (χ3n) is 4.58. The van der Waals surface area contributed by atoms with Crippen molar-refractivity contribution in [1.29, 1.82) is 5.26 Å². The maximum atomic E-state index is 10.9. The normalized spacial score (nSPS) is 12.6. The van der Waals surface area contributed by atoms with E-state index >= 15 is 0 Å². The molecule has 1 N–H and O–H groups in total. The number of ether oxygens (including phenoxy) is 1. The van der Waals surface area contributed by atoms with Gasteiger partial charge in [0.15, 0.2) is 0 Å². The molecule has 0 saturated carbocycles. The summed E-state index contributed by atoms with van der Waals surface area (Å²) in [7, 11) is 1.62. The van der Waals surface area contributed by atoms with Crippen LogP contribution in [0.25, 0.3) is 11.6 Å². The molecular weight excluding hydrogens is 334 g/mol. The molecule has 0 aliphatic rings. The number of nitrogens with zero attached hydrogens (tertiary/aromatic N) is 1. The average molecular weight is 364 g/mol. The molecule has 0 spiro atoms. The first kappa shape index (κ1) is 20.6. The molecule has 0 saturated heterocycles. The lowest BCUT2D eigenvalue weighted by Gasteiger charge is -2.28. The number of nitriles is 1. The highest BCUT2D eigenvalue weighted by molar-refractivity contribution is 5.90. The van der Waals surface area contributed by atoms with Crippen molar-refractivity contribution >= 4 is 11.6 Å². The molecule has 0 atom stereocenters. The molecule has 0 aromatic heterocycles. The summed E-state index contributed by atoms with van der Waals surface area (Å²) in [5.41, 5.74) is 3.67. The first-order valence-electron chi connectivity index (χ1n) is 9.11. The molecule has 0 radical (unpaired) electrons. The Morgan fingerprint density at radius 1 is 0.963 bits per heavy atom. The number of allylic oxidation sites excluding steroid dienone is 1. The smallest absolute Gasteiger partial charge is 0.123 e. The summed E-state index contributed by atoms with van der Waals surface area (Å²) in [5, 5.41) is 20.5. The van der Waals surface area contributed by atoms with Crippen molar-refractivity contribution in [2.45, 2.75) is 52.4 Å². The Morgan fingerprint density at radius 3 is 1.81 bits per heavy atom. The standard InChI is InChI=1S/C24H29NO2/c1-23(2,3)20-13-16(14-21(22(20)26)24(4,5)6)12-18(15-25)17-8-10-19(27-7)11-9-17/h8-14,26H,1-7H3/b18-12+. The van der Waals surface area contributed by atoms with Crippen LogP contribution in [0.5, 0.6) is 11.5 Å². The Morgan fingerprint density at radius 2 is 1.44 bits per heavy atom. The van der Waals surface area contributed by atoms with E-state index in [0.29, 0.717) is 11.3 Å². The van der Waals surface area contributed by atoms with E-state index in [4.69, 9.17) is 4.74 Å². The lowest BCUT2D eigenvalue weighted by Crippen LogP contribution is -2.17. The van der Waals surface area contributed by atoms with Gasteiger partial charge in [0, 0.05) is 11.1 Å². The van der Waals surface area contributed by atoms with Crippen molar-refractivity contribution in [3.63, 3.8) is 0 Å². The monoisotopic (exact) mass is 363 g/mol. The highest BCUT2D eigenvalue weighted by Crippen LogP contribution is 2.40. The number of phenols is 1. The first-order chi connectivity index (χ1) is 12.5. The summed E-state index contributed by atoms with van der Waals surface area (Å²) in [6, 6.07) is 13.7. The number of aromatic hydroxyl groups is 1. The van der Waals surface area contributed by atoms with Gasteiger partial charge in [0.1, 0.15) is 11.5 Å². The lowest BCUT2D eigenvalue weighted by atomic mass is 9.78. The van der Waals surface area contributed by atoms with Gasteiger partial charge in [0.2, 0.25) is 0 Å². The van der Waals surface area contributed by atoms with Gasteiger partial charge in [0.25, 0.3) is 0 Å². The van der Waals surface area contributed by atoms with E-state index in [1.807, 2.05) is 42.5 Å². The molecule has 0 fully saturated rings. The van der Waals surface area contributed by atoms with Gasteiger partial charge in [-0.3, -0.25) is 0 Å². The average Bonchev–Trinajstić information content (AvgIpc) is 2.59. The largest absolute Gasteiger partial charge is 0.507 e. The predicted molar refractivity (Wildman–Crippen MR) is 112 cm³/mol. The van der Waals surface area contributed by atoms with Gasteiger partial charge in [0.05, 0.1) is 18.8 Å². The number of hydrogen-bond donors (Lipinski definition) is 1. The van der Waals surface area contributed by atoms with Crippen LogP contribution in [-0.4, -0.2) is 12.2 Å². The predicted octanol–water partition coefficient (Wildman–Crippen LogP) is 6.06. The van der Waals surface area contributed by atoms with E-state index in [0.717, 1.165) is 28.0 Å². The van der Waals surface area contributed by atoms with Crippen LogP contribution in [0.2, 0.25) is 0 Å². The molecule has 2 aromatic carbocycles. The van der Waals surface area contributed by atoms with Crippen LogP contribution in [0.4, 0.5) is 0 Å². The van der Waals surface area contributed by atoms with Gasteiger partial charge in [-0.05, 0) is 64.4 Å². The Hall–Kier alpha value is -2.73. The van der Waals surface area contributed by atoms with Gasteiger partial charge in [-0.25, -0.2) is 0 Å². The van der Waals surface area contributed by atoms with Crippen LogP contribution < -0.4 is 4.74 Å². The first-order valence-corrected chi connectivity index (χ1v) is 9.11. The molecule has 2 aromatic rings. The van der Waals surface area contributed by atoms with Crippen LogP contribution in [0.15, 0.2) is 36.4 Å². The zero-order chi connectivity index (χ0) is 20.4. The lowest BCUT2D eigenvalue weighted by molar-refractivity contribution is 0.415. The van der Waals surface area contributed by atoms with Crippen molar-refractivity contribution in [2.75, 3.05) is 7.11 Å². The van der Waals surface area contributed by atoms with Gasteiger partial charge in [-0.1, -0.05) is 41.5 Å². The van der Waals surface area contributed by atoms with Crippen molar-refractivity contribution < 1.29 is 9.84 Å². The van der Waals surface area contributed by atoms with Crippen LogP contribution >= 0.6 is 0 Å². The topological polar surface area (TPSA) is 53.2 Å². The van der Waals surface area contributed by atoms with Gasteiger partial charge in [-0.2, -0.15) is 5.26 Å². The van der Waals surface area contributed by atoms with Crippen LogP contribution in [0.1, 0.15) is 63.8 Å². The Kier molecular flexibility index (Phi) is 5.70. The third kappa shape index (κ3) is 4.71. The fourth-order valence-corrected chi connectivity index (χ4v) is 3.00. The summed E-state index contributed by atoms with van der Waals surface area (Å²) in [4.78, 5) is 0. The van der Waals surface area contributed by atoms with E-state index in [1.165, 1.54) is 0 Å². The molecule has 142 valence electrons. The summed E-state index contributed by atoms with van der Waals surface area (Å²) < 4.78 is 5.19. The second-order valence-electron chi connectivity index (χ2n) is 8.86. The molecule has 3 nitrogen and oxygen atoms in total. The zero-order valence-electron chi connectivity index (χ0n) is 17.3. The van der Waals surface area contributed by atoms with Crippen LogP contribution in [0, 0.1) is 11.3 Å². The minimum Gasteiger partial charge on any atom is -0.507 e. The molecule has 27 heavy (non-hydrogen) atoms. The minimum absolute atomic E-state index is 0.207. The Labute approximate surface area is 162 Å². The molecular formula is C24H29NO2. The highest BCUT2D eigenvalue weighted by atomic mass is 16.5. The van der Waals surface area contributed by atoms with Gasteiger partial charge in [-0.15, -0.1) is 0 Å². The van der Waals surface area contributed by atoms with Gasteiger partial charge >= 0.3 is 0 Å². The summed E-state index contributed by atoms with van der Waals surface area (Å²) in [6.45, 7) is 12.5. The van der Waals surface area contributed by atoms with E-state index in [2.05, 4.69) is 47.6 Å². The van der Waals surface area contributed by atoms with E-state index in [9.17, 15) is 10.4 Å². The van der Waals surface area contributed by atoms with Crippen LogP contribution in [-0.2, 0) is 10.8 Å². The number of rotatable bonds is 3. The highest BCUT2D eigenvalue weighted by Gasteiger charge is 2.26. The summed E-state index contributed by atoms with van der Waals surface area (Å²) >= 11 is 0. The molecule has 0 unspecified atom stereocenters. The van der Waals surface area contributed by atoms with E-state index < -0.39 is 0 Å². The second-order valence-corrected chi connectivity index (χ2v) is 8.86. The van der Waals surface area contributed by atoms with E-state index in [1.54, 1.807) is 7.11 Å². The molecule has 0 heterocycles. The maximum Gasteiger partial charge on any atom is 0.123 e. The summed E-state index contributed by atoms with van der Waals surface area (Å²) in [5.74, 6) is 1.10. The van der Waals surface area contributed by atoms with Crippen molar-refractivity contribution in [3.05, 3.63) is 58.7 Å². The quantitative estimate of drug-likeness (QED) is 0.532. The minimum atomic E-state index is -0.207. The fraction of sp³-hybridized carbons (Fsp3) is 0.375. The number of phenolic OH excluding ortho intramolecular Hbond substituents is 1. The third-order valence-corrected chi connectivity index (χ3v) is 4.58. The van der Waals surface area contributed by atoms with Crippen molar-refractivity contribution in [3.8, 4) is 17.6 Å². The molecule has 0 bridgehead atoms. The van der Waals surface area contributed by atoms with E-state index in [-0.39, 0.29) is 10.8 Å². The number of benzene rings is 2. The molecule has 2 rings (SSSR count). The SMILES string of the molecule is COc1ccc(/C(C#N)=C/c2cc(C(C)(C)C)c(O)c(C(C)(C)C)c2)cc1. The van der Waals surface area contributed by atoms with Gasteiger partial charge < -0.3 is 9.84 Å². The summed E-state index contributed by atoms with van der Waals surface area (Å²) in [6.07, 6.45) is 1.88. The number of hydrogen-bond acceptors (Lipinski definition) is 3.